The van der Waals surface area contributed by atoms with Gasteiger partial charge in [-0.2, -0.15) is 0 Å². The molecule has 148 valence electrons. The Balaban J connectivity index is 1.69. The molecule has 2 aromatic carbocycles. The minimum Gasteiger partial charge on any atom is -0.479 e. The van der Waals surface area contributed by atoms with Crippen LogP contribution in [0.1, 0.15) is 31.9 Å². The highest BCUT2D eigenvalue weighted by Crippen LogP contribution is 2.33. The van der Waals surface area contributed by atoms with Crippen molar-refractivity contribution in [1.29, 1.82) is 0 Å². The summed E-state index contributed by atoms with van der Waals surface area (Å²) in [6, 6.07) is 10.3. The summed E-state index contributed by atoms with van der Waals surface area (Å²) < 4.78 is 32.2. The molecule has 1 aliphatic heterocycles. The number of carbonyl (C=O) groups excluding carboxylic acids is 2. The number of benzene rings is 2. The molecular formula is C21H22F2N2O3. The molecule has 0 aromatic heterocycles. The summed E-state index contributed by atoms with van der Waals surface area (Å²) in [5.74, 6) is -1.69. The topological polar surface area (TPSA) is 49.9 Å². The molecule has 2 atom stereocenters. The number of fused-ring (bicyclic) bond motifs is 1. The summed E-state index contributed by atoms with van der Waals surface area (Å²) in [4.78, 5) is 28.2. The molecule has 5 nitrogen and oxygen atoms in total. The van der Waals surface area contributed by atoms with E-state index in [0.717, 1.165) is 12.1 Å². The van der Waals surface area contributed by atoms with E-state index in [9.17, 15) is 18.4 Å². The van der Waals surface area contributed by atoms with Crippen molar-refractivity contribution in [3.63, 3.8) is 0 Å². The Kier molecular flexibility index (Phi) is 5.63. The minimum atomic E-state index is -0.949. The summed E-state index contributed by atoms with van der Waals surface area (Å²) >= 11 is 0. The lowest BCUT2D eigenvalue weighted by molar-refractivity contribution is -0.131. The predicted octanol–water partition coefficient (Wildman–Crippen LogP) is 3.69. The van der Waals surface area contributed by atoms with Crippen LogP contribution in [-0.4, -0.2) is 36.4 Å². The van der Waals surface area contributed by atoms with Gasteiger partial charge in [0.05, 0.1) is 11.7 Å². The Morgan fingerprint density at radius 3 is 2.64 bits per heavy atom. The fraction of sp³-hybridized carbons (Fsp3) is 0.333. The van der Waals surface area contributed by atoms with Crippen LogP contribution in [0.2, 0.25) is 0 Å². The van der Waals surface area contributed by atoms with E-state index < -0.39 is 23.8 Å². The van der Waals surface area contributed by atoms with E-state index in [0.29, 0.717) is 17.0 Å². The molecule has 28 heavy (non-hydrogen) atoms. The van der Waals surface area contributed by atoms with E-state index in [-0.39, 0.29) is 24.8 Å². The van der Waals surface area contributed by atoms with Crippen LogP contribution in [-0.2, 0) is 9.59 Å². The summed E-state index contributed by atoms with van der Waals surface area (Å²) in [6.07, 6.45) is -0.527. The second-order valence-corrected chi connectivity index (χ2v) is 6.82. The molecule has 0 spiro atoms. The fourth-order valence-electron chi connectivity index (χ4n) is 3.19. The van der Waals surface area contributed by atoms with Crippen LogP contribution < -0.4 is 9.64 Å². The molecule has 0 bridgehead atoms. The van der Waals surface area contributed by atoms with Crippen LogP contribution in [0.4, 0.5) is 14.5 Å². The minimum absolute atomic E-state index is 0.0946. The third-order valence-electron chi connectivity index (χ3n) is 5.02. The fourth-order valence-corrected chi connectivity index (χ4v) is 3.19. The van der Waals surface area contributed by atoms with Gasteiger partial charge in [0.1, 0.15) is 5.75 Å². The van der Waals surface area contributed by atoms with Crippen molar-refractivity contribution in [2.45, 2.75) is 32.4 Å². The van der Waals surface area contributed by atoms with E-state index >= 15 is 0 Å². The third-order valence-corrected chi connectivity index (χ3v) is 5.02. The van der Waals surface area contributed by atoms with E-state index in [1.165, 1.54) is 11.0 Å². The maximum atomic E-state index is 13.5. The lowest BCUT2D eigenvalue weighted by atomic mass is 10.1. The van der Waals surface area contributed by atoms with Crippen molar-refractivity contribution in [3.05, 3.63) is 59.7 Å². The van der Waals surface area contributed by atoms with Crippen LogP contribution in [0.3, 0.4) is 0 Å². The van der Waals surface area contributed by atoms with Gasteiger partial charge in [-0.25, -0.2) is 8.78 Å². The third kappa shape index (κ3) is 3.83. The van der Waals surface area contributed by atoms with Gasteiger partial charge in [0.2, 0.25) is 5.91 Å². The number of hydrogen-bond donors (Lipinski definition) is 0. The van der Waals surface area contributed by atoms with Crippen LogP contribution in [0, 0.1) is 11.6 Å². The molecule has 2 aromatic rings. The van der Waals surface area contributed by atoms with Gasteiger partial charge in [0.15, 0.2) is 17.7 Å². The van der Waals surface area contributed by atoms with Gasteiger partial charge in [0, 0.05) is 20.0 Å². The van der Waals surface area contributed by atoms with Crippen LogP contribution in [0.5, 0.6) is 5.75 Å². The van der Waals surface area contributed by atoms with Gasteiger partial charge in [-0.05, 0) is 43.7 Å². The first-order valence-corrected chi connectivity index (χ1v) is 9.07. The van der Waals surface area contributed by atoms with E-state index in [4.69, 9.17) is 4.74 Å². The van der Waals surface area contributed by atoms with E-state index in [1.54, 1.807) is 44.0 Å². The average Bonchev–Trinajstić information content (AvgIpc) is 2.69. The number of rotatable bonds is 5. The monoisotopic (exact) mass is 388 g/mol. The van der Waals surface area contributed by atoms with Crippen molar-refractivity contribution >= 4 is 17.5 Å². The number of hydrogen-bond acceptors (Lipinski definition) is 3. The Hall–Kier alpha value is -2.96. The van der Waals surface area contributed by atoms with Gasteiger partial charge in [-0.3, -0.25) is 9.59 Å². The maximum absolute atomic E-state index is 13.5. The first-order chi connectivity index (χ1) is 13.3. The Morgan fingerprint density at radius 2 is 1.93 bits per heavy atom. The van der Waals surface area contributed by atoms with Crippen LogP contribution >= 0.6 is 0 Å². The zero-order chi connectivity index (χ0) is 20.4. The largest absolute Gasteiger partial charge is 0.479 e. The van der Waals surface area contributed by atoms with Gasteiger partial charge in [-0.15, -0.1) is 0 Å². The van der Waals surface area contributed by atoms with Crippen molar-refractivity contribution in [3.8, 4) is 5.75 Å². The lowest BCUT2D eigenvalue weighted by Gasteiger charge is -2.33. The molecule has 2 amide bonds. The molecule has 7 heteroatoms. The zero-order valence-electron chi connectivity index (χ0n) is 16.0. The van der Waals surface area contributed by atoms with Gasteiger partial charge in [0.25, 0.3) is 5.91 Å². The molecular weight excluding hydrogens is 366 g/mol. The van der Waals surface area contributed by atoms with Gasteiger partial charge >= 0.3 is 0 Å². The second-order valence-electron chi connectivity index (χ2n) is 6.82. The molecule has 0 fully saturated rings. The van der Waals surface area contributed by atoms with Crippen molar-refractivity contribution in [2.24, 2.45) is 0 Å². The molecule has 0 aliphatic carbocycles. The summed E-state index contributed by atoms with van der Waals surface area (Å²) in [7, 11) is 1.60. The number of ether oxygens (including phenoxy) is 1. The first-order valence-electron chi connectivity index (χ1n) is 9.07. The average molecular weight is 388 g/mol. The molecule has 0 saturated heterocycles. The highest BCUT2D eigenvalue weighted by Gasteiger charge is 2.31. The standard InChI is InChI=1S/C21H22F2N2O3/c1-13(15-8-9-16(22)17(23)12-15)24(3)20(26)10-11-25-18-6-4-5-7-19(18)28-14(2)21(25)27/h4-9,12-14H,10-11H2,1-3H3. The summed E-state index contributed by atoms with van der Waals surface area (Å²) in [6.45, 7) is 3.61. The smallest absolute Gasteiger partial charge is 0.267 e. The van der Waals surface area contributed by atoms with Crippen LogP contribution in [0.25, 0.3) is 0 Å². The predicted molar refractivity (Wildman–Crippen MR) is 101 cm³/mol. The van der Waals surface area contributed by atoms with E-state index in [1.807, 2.05) is 6.07 Å². The molecule has 0 N–H and O–H groups in total. The Labute approximate surface area is 162 Å². The SMILES string of the molecule is CC1Oc2ccccc2N(CCC(=O)N(C)C(C)c2ccc(F)c(F)c2)C1=O. The molecule has 1 heterocycles. The quantitative estimate of drug-likeness (QED) is 0.785. The maximum Gasteiger partial charge on any atom is 0.267 e. The number of carbonyl (C=O) groups is 2. The Bertz CT molecular complexity index is 903. The van der Waals surface area contributed by atoms with Crippen LogP contribution in [0.15, 0.2) is 42.5 Å². The normalized spacial score (nSPS) is 17.0. The van der Waals surface area contributed by atoms with Crippen molar-refractivity contribution < 1.29 is 23.1 Å². The second kappa shape index (κ2) is 7.96. The van der Waals surface area contributed by atoms with E-state index in [2.05, 4.69) is 0 Å². The first kappa shape index (κ1) is 19.8. The number of anilines is 1. The molecule has 0 radical (unpaired) electrons. The zero-order valence-corrected chi connectivity index (χ0v) is 16.0. The lowest BCUT2D eigenvalue weighted by Crippen LogP contribution is -2.46. The van der Waals surface area contributed by atoms with Gasteiger partial charge < -0.3 is 14.5 Å². The number of halogens is 2. The molecule has 3 rings (SSSR count). The summed E-state index contributed by atoms with van der Waals surface area (Å²) in [5, 5.41) is 0. The highest BCUT2D eigenvalue weighted by molar-refractivity contribution is 6.00. The highest BCUT2D eigenvalue weighted by atomic mass is 19.2. The van der Waals surface area contributed by atoms with Crippen molar-refractivity contribution in [1.82, 2.24) is 4.90 Å². The number of nitrogens with zero attached hydrogens (tertiary/aromatic N) is 2. The van der Waals surface area contributed by atoms with Crippen molar-refractivity contribution in [2.75, 3.05) is 18.5 Å². The Morgan fingerprint density at radius 1 is 1.21 bits per heavy atom. The molecule has 2 unspecified atom stereocenters. The number of para-hydroxylation sites is 2. The summed E-state index contributed by atoms with van der Waals surface area (Å²) in [5.41, 5.74) is 1.13. The van der Waals surface area contributed by atoms with Gasteiger partial charge in [-0.1, -0.05) is 18.2 Å². The molecule has 1 aliphatic rings. The number of amides is 2. The molecule has 0 saturated carbocycles.